The molecule has 0 aromatic carbocycles. The zero-order valence-corrected chi connectivity index (χ0v) is 24.2. The van der Waals surface area contributed by atoms with Crippen molar-refractivity contribution in [2.24, 2.45) is 5.92 Å². The van der Waals surface area contributed by atoms with Crippen LogP contribution in [0.1, 0.15) is 130 Å². The lowest BCUT2D eigenvalue weighted by molar-refractivity contribution is -0.148. The summed E-state index contributed by atoms with van der Waals surface area (Å²) in [5.74, 6) is -1.46. The molecule has 0 aromatic heterocycles. The first-order valence-electron chi connectivity index (χ1n) is 15.4. The maximum absolute atomic E-state index is 13.5. The Morgan fingerprint density at radius 2 is 1.32 bits per heavy atom. The summed E-state index contributed by atoms with van der Waals surface area (Å²) in [6.07, 6.45) is 17.0. The molecule has 0 bridgehead atoms. The molecule has 218 valence electrons. The number of carbonyl (C=O) groups excluding carboxylic acids is 3. The van der Waals surface area contributed by atoms with Gasteiger partial charge >= 0.3 is 5.97 Å². The maximum atomic E-state index is 13.5. The molecular formula is C30H53N3O5. The smallest absolute Gasteiger partial charge is 0.326 e. The van der Waals surface area contributed by atoms with E-state index in [9.17, 15) is 24.3 Å². The number of amides is 3. The van der Waals surface area contributed by atoms with Gasteiger partial charge in [-0.15, -0.1) is 0 Å². The molecule has 2 aliphatic rings. The minimum atomic E-state index is -1.06. The minimum absolute atomic E-state index is 0.0415. The van der Waals surface area contributed by atoms with E-state index in [1.54, 1.807) is 9.80 Å². The Labute approximate surface area is 230 Å². The number of rotatable bonds is 18. The number of carboxylic acid groups (broad SMARTS) is 1. The Bertz CT molecular complexity index is 756. The van der Waals surface area contributed by atoms with E-state index >= 15 is 0 Å². The van der Waals surface area contributed by atoms with E-state index < -0.39 is 30.0 Å². The molecule has 2 fully saturated rings. The summed E-state index contributed by atoms with van der Waals surface area (Å²) in [5, 5.41) is 12.1. The molecule has 0 saturated carbocycles. The van der Waals surface area contributed by atoms with Crippen molar-refractivity contribution < 1.29 is 24.3 Å². The Morgan fingerprint density at radius 1 is 0.789 bits per heavy atom. The quantitative estimate of drug-likeness (QED) is 0.232. The van der Waals surface area contributed by atoms with E-state index in [-0.39, 0.29) is 17.7 Å². The topological polar surface area (TPSA) is 107 Å². The number of carbonyl (C=O) groups is 4. The molecule has 0 unspecified atom stereocenters. The first-order chi connectivity index (χ1) is 18.3. The molecular weight excluding hydrogens is 482 g/mol. The van der Waals surface area contributed by atoms with Gasteiger partial charge in [0.15, 0.2) is 0 Å². The zero-order chi connectivity index (χ0) is 27.9. The van der Waals surface area contributed by atoms with Crippen LogP contribution in [0.5, 0.6) is 0 Å². The second-order valence-corrected chi connectivity index (χ2v) is 11.7. The molecule has 0 radical (unpaired) electrons. The van der Waals surface area contributed by atoms with Crippen molar-refractivity contribution in [3.8, 4) is 0 Å². The van der Waals surface area contributed by atoms with Crippen molar-refractivity contribution in [3.63, 3.8) is 0 Å². The number of likely N-dealkylation sites (tertiary alicyclic amines) is 2. The van der Waals surface area contributed by atoms with Crippen LogP contribution in [0.4, 0.5) is 0 Å². The van der Waals surface area contributed by atoms with Gasteiger partial charge in [0.25, 0.3) is 0 Å². The van der Waals surface area contributed by atoms with Gasteiger partial charge in [0.1, 0.15) is 18.1 Å². The molecule has 3 atom stereocenters. The Hall–Kier alpha value is -2.12. The van der Waals surface area contributed by atoms with Gasteiger partial charge in [0.2, 0.25) is 17.7 Å². The monoisotopic (exact) mass is 535 g/mol. The summed E-state index contributed by atoms with van der Waals surface area (Å²) in [5.41, 5.74) is 0. The number of nitrogens with zero attached hydrogens (tertiary/aromatic N) is 2. The molecule has 2 heterocycles. The van der Waals surface area contributed by atoms with Crippen LogP contribution in [-0.4, -0.2) is 69.8 Å². The van der Waals surface area contributed by atoms with Crippen LogP contribution in [0, 0.1) is 5.92 Å². The first kappa shape index (κ1) is 32.1. The lowest BCUT2D eigenvalue weighted by atomic mass is 10.0. The standard InChI is InChI=1S/C30H53N3O5/c1-4-5-6-7-8-9-10-11-12-13-14-19-27(34)32-20-16-18-26(32)29(36)33-21-15-17-25(33)28(35)31-24(30(37)38)22-23(2)3/h23-26H,4-22H2,1-3H3,(H,31,35)(H,37,38)/t24-,25-,26-/m0/s1. The molecule has 2 saturated heterocycles. The van der Waals surface area contributed by atoms with Crippen LogP contribution in [-0.2, 0) is 19.2 Å². The number of hydrogen-bond acceptors (Lipinski definition) is 4. The first-order valence-corrected chi connectivity index (χ1v) is 15.4. The molecule has 8 nitrogen and oxygen atoms in total. The van der Waals surface area contributed by atoms with Gasteiger partial charge in [-0.3, -0.25) is 14.4 Å². The van der Waals surface area contributed by atoms with E-state index in [2.05, 4.69) is 12.2 Å². The van der Waals surface area contributed by atoms with Crippen molar-refractivity contribution in [1.82, 2.24) is 15.1 Å². The predicted octanol–water partition coefficient (Wildman–Crippen LogP) is 5.29. The Morgan fingerprint density at radius 3 is 1.87 bits per heavy atom. The fourth-order valence-electron chi connectivity index (χ4n) is 5.86. The predicted molar refractivity (Wildman–Crippen MR) is 150 cm³/mol. The van der Waals surface area contributed by atoms with Crippen LogP contribution >= 0.6 is 0 Å². The van der Waals surface area contributed by atoms with Gasteiger partial charge in [0.05, 0.1) is 0 Å². The van der Waals surface area contributed by atoms with Gasteiger partial charge in [-0.1, -0.05) is 85.0 Å². The lowest BCUT2D eigenvalue weighted by Crippen LogP contribution is -2.55. The number of aliphatic carboxylic acids is 1. The van der Waals surface area contributed by atoms with E-state index in [1.165, 1.54) is 51.4 Å². The third-order valence-corrected chi connectivity index (χ3v) is 8.01. The molecule has 0 aliphatic carbocycles. The van der Waals surface area contributed by atoms with Crippen LogP contribution in [0.3, 0.4) is 0 Å². The highest BCUT2D eigenvalue weighted by Crippen LogP contribution is 2.26. The SMILES string of the molecule is CCCCCCCCCCCCCC(=O)N1CCC[C@H]1C(=O)N1CCC[C@H]1C(=O)N[C@@H](CC(C)C)C(=O)O. The maximum Gasteiger partial charge on any atom is 0.326 e. The average Bonchev–Trinajstić information content (AvgIpc) is 3.56. The fourth-order valence-corrected chi connectivity index (χ4v) is 5.86. The van der Waals surface area contributed by atoms with Crippen LogP contribution in [0.2, 0.25) is 0 Å². The summed E-state index contributed by atoms with van der Waals surface area (Å²) < 4.78 is 0. The van der Waals surface area contributed by atoms with Crippen LogP contribution < -0.4 is 5.32 Å². The molecule has 8 heteroatoms. The van der Waals surface area contributed by atoms with Crippen molar-refractivity contribution in [3.05, 3.63) is 0 Å². The lowest BCUT2D eigenvalue weighted by Gasteiger charge is -2.31. The van der Waals surface area contributed by atoms with Gasteiger partial charge in [-0.2, -0.15) is 0 Å². The minimum Gasteiger partial charge on any atom is -0.480 e. The summed E-state index contributed by atoms with van der Waals surface area (Å²) in [6.45, 7) is 7.12. The summed E-state index contributed by atoms with van der Waals surface area (Å²) in [7, 11) is 0. The molecule has 3 amide bonds. The van der Waals surface area contributed by atoms with Gasteiger partial charge < -0.3 is 20.2 Å². The van der Waals surface area contributed by atoms with Gasteiger partial charge in [0, 0.05) is 19.5 Å². The van der Waals surface area contributed by atoms with E-state index in [0.29, 0.717) is 45.2 Å². The number of hydrogen-bond donors (Lipinski definition) is 2. The second-order valence-electron chi connectivity index (χ2n) is 11.7. The highest BCUT2D eigenvalue weighted by Gasteiger charge is 2.42. The van der Waals surface area contributed by atoms with Gasteiger partial charge in [-0.05, 0) is 44.4 Å². The van der Waals surface area contributed by atoms with Crippen LogP contribution in [0.25, 0.3) is 0 Å². The van der Waals surface area contributed by atoms with E-state index in [1.807, 2.05) is 13.8 Å². The molecule has 0 spiro atoms. The second kappa shape index (κ2) is 17.5. The molecule has 2 rings (SSSR count). The third kappa shape index (κ3) is 10.6. The van der Waals surface area contributed by atoms with Crippen molar-refractivity contribution in [2.45, 2.75) is 148 Å². The van der Waals surface area contributed by atoms with Crippen molar-refractivity contribution in [1.29, 1.82) is 0 Å². The Kier molecular flexibility index (Phi) is 14.8. The van der Waals surface area contributed by atoms with Crippen molar-refractivity contribution >= 4 is 23.7 Å². The van der Waals surface area contributed by atoms with Crippen molar-refractivity contribution in [2.75, 3.05) is 13.1 Å². The fraction of sp³-hybridized carbons (Fsp3) is 0.867. The number of nitrogens with one attached hydrogen (secondary N) is 1. The highest BCUT2D eigenvalue weighted by atomic mass is 16.4. The molecule has 38 heavy (non-hydrogen) atoms. The average molecular weight is 536 g/mol. The molecule has 2 aliphatic heterocycles. The number of carboxylic acids is 1. The summed E-state index contributed by atoms with van der Waals surface area (Å²) >= 11 is 0. The summed E-state index contributed by atoms with van der Waals surface area (Å²) in [4.78, 5) is 54.3. The molecule has 0 aromatic rings. The van der Waals surface area contributed by atoms with E-state index in [4.69, 9.17) is 0 Å². The normalized spacial score (nSPS) is 20.2. The Balaban J connectivity index is 1.76. The highest BCUT2D eigenvalue weighted by molar-refractivity contribution is 5.94. The van der Waals surface area contributed by atoms with E-state index in [0.717, 1.165) is 25.7 Å². The van der Waals surface area contributed by atoms with Gasteiger partial charge in [-0.25, -0.2) is 4.79 Å². The summed E-state index contributed by atoms with van der Waals surface area (Å²) in [6, 6.07) is -2.13. The third-order valence-electron chi connectivity index (χ3n) is 8.01. The number of unbranched alkanes of at least 4 members (excludes halogenated alkanes) is 10. The molecule has 2 N–H and O–H groups in total. The van der Waals surface area contributed by atoms with Crippen LogP contribution in [0.15, 0.2) is 0 Å². The zero-order valence-electron chi connectivity index (χ0n) is 24.2. The largest absolute Gasteiger partial charge is 0.480 e.